The monoisotopic (exact) mass is 260 g/mol. The zero-order chi connectivity index (χ0) is 13.8. The van der Waals surface area contributed by atoms with Crippen molar-refractivity contribution in [2.45, 2.75) is 19.8 Å². The first-order valence-corrected chi connectivity index (χ1v) is 6.02. The first kappa shape index (κ1) is 13.1. The SMILES string of the molecule is COc1ccc(-c2nc(C)[nH]c2CCC(=O)O)cc1. The van der Waals surface area contributed by atoms with E-state index in [1.165, 1.54) is 0 Å². The number of aromatic nitrogens is 2. The predicted octanol–water partition coefficient (Wildman–Crippen LogP) is 2.41. The van der Waals surface area contributed by atoms with Gasteiger partial charge in [0.1, 0.15) is 11.6 Å². The minimum absolute atomic E-state index is 0.0881. The molecule has 0 aliphatic heterocycles. The van der Waals surface area contributed by atoms with E-state index in [0.717, 1.165) is 28.5 Å². The molecule has 100 valence electrons. The van der Waals surface area contributed by atoms with Gasteiger partial charge in [-0.1, -0.05) is 0 Å². The molecule has 0 aliphatic carbocycles. The molecule has 0 atom stereocenters. The van der Waals surface area contributed by atoms with Crippen molar-refractivity contribution in [3.05, 3.63) is 35.8 Å². The molecule has 5 heteroatoms. The number of aryl methyl sites for hydroxylation is 2. The molecule has 0 amide bonds. The third-order valence-corrected chi connectivity index (χ3v) is 2.85. The Bertz CT molecular complexity index is 573. The molecule has 1 aromatic carbocycles. The quantitative estimate of drug-likeness (QED) is 0.865. The highest BCUT2D eigenvalue weighted by Crippen LogP contribution is 2.24. The van der Waals surface area contributed by atoms with Crippen LogP contribution in [0.15, 0.2) is 24.3 Å². The van der Waals surface area contributed by atoms with E-state index < -0.39 is 5.97 Å². The molecule has 0 saturated carbocycles. The topological polar surface area (TPSA) is 75.2 Å². The number of H-pyrrole nitrogens is 1. The summed E-state index contributed by atoms with van der Waals surface area (Å²) in [5, 5.41) is 8.76. The second kappa shape index (κ2) is 5.56. The molecule has 2 N–H and O–H groups in total. The van der Waals surface area contributed by atoms with Gasteiger partial charge in [-0.3, -0.25) is 4.79 Å². The summed E-state index contributed by atoms with van der Waals surface area (Å²) in [6, 6.07) is 7.55. The summed E-state index contributed by atoms with van der Waals surface area (Å²) in [7, 11) is 1.62. The van der Waals surface area contributed by atoms with Gasteiger partial charge in [-0.2, -0.15) is 0 Å². The van der Waals surface area contributed by atoms with E-state index in [4.69, 9.17) is 9.84 Å². The Morgan fingerprint density at radius 1 is 1.37 bits per heavy atom. The normalized spacial score (nSPS) is 10.4. The van der Waals surface area contributed by atoms with Crippen molar-refractivity contribution in [3.8, 4) is 17.0 Å². The number of aliphatic carboxylic acids is 1. The first-order chi connectivity index (χ1) is 9.10. The lowest BCUT2D eigenvalue weighted by Crippen LogP contribution is -1.99. The number of benzene rings is 1. The number of methoxy groups -OCH3 is 1. The van der Waals surface area contributed by atoms with Crippen LogP contribution in [-0.4, -0.2) is 28.2 Å². The molecular weight excluding hydrogens is 244 g/mol. The Balaban J connectivity index is 2.29. The maximum Gasteiger partial charge on any atom is 0.303 e. The van der Waals surface area contributed by atoms with Crippen LogP contribution in [0.5, 0.6) is 5.75 Å². The van der Waals surface area contributed by atoms with E-state index in [2.05, 4.69) is 9.97 Å². The number of nitrogens with zero attached hydrogens (tertiary/aromatic N) is 1. The van der Waals surface area contributed by atoms with Crippen molar-refractivity contribution in [1.82, 2.24) is 9.97 Å². The molecule has 1 aromatic heterocycles. The van der Waals surface area contributed by atoms with E-state index in [1.54, 1.807) is 7.11 Å². The highest BCUT2D eigenvalue weighted by Gasteiger charge is 2.12. The molecule has 0 spiro atoms. The zero-order valence-electron chi connectivity index (χ0n) is 10.9. The number of nitrogens with one attached hydrogen (secondary N) is 1. The molecule has 1 heterocycles. The molecule has 2 aromatic rings. The summed E-state index contributed by atoms with van der Waals surface area (Å²) in [4.78, 5) is 18.2. The Morgan fingerprint density at radius 3 is 2.63 bits per heavy atom. The number of aromatic amines is 1. The van der Waals surface area contributed by atoms with E-state index in [0.29, 0.717) is 6.42 Å². The largest absolute Gasteiger partial charge is 0.497 e. The standard InChI is InChI=1S/C14H16N2O3/c1-9-15-12(7-8-13(17)18)14(16-9)10-3-5-11(19-2)6-4-10/h3-6H,7-8H2,1-2H3,(H,15,16)(H,17,18). The van der Waals surface area contributed by atoms with Gasteiger partial charge in [-0.05, 0) is 31.2 Å². The van der Waals surface area contributed by atoms with E-state index in [1.807, 2.05) is 31.2 Å². The zero-order valence-corrected chi connectivity index (χ0v) is 10.9. The van der Waals surface area contributed by atoms with Gasteiger partial charge in [-0.15, -0.1) is 0 Å². The van der Waals surface area contributed by atoms with Crippen molar-refractivity contribution < 1.29 is 14.6 Å². The third-order valence-electron chi connectivity index (χ3n) is 2.85. The molecule has 0 radical (unpaired) electrons. The van der Waals surface area contributed by atoms with Crippen LogP contribution in [0.4, 0.5) is 0 Å². The van der Waals surface area contributed by atoms with Gasteiger partial charge in [0.2, 0.25) is 0 Å². The van der Waals surface area contributed by atoms with E-state index in [9.17, 15) is 4.79 Å². The summed E-state index contributed by atoms with van der Waals surface area (Å²) in [5.41, 5.74) is 2.61. The fourth-order valence-electron chi connectivity index (χ4n) is 1.94. The maximum absolute atomic E-state index is 10.7. The van der Waals surface area contributed by atoms with Crippen LogP contribution < -0.4 is 4.74 Å². The summed E-state index contributed by atoms with van der Waals surface area (Å²) in [6.07, 6.45) is 0.530. The molecule has 19 heavy (non-hydrogen) atoms. The number of carbonyl (C=O) groups is 1. The fourth-order valence-corrected chi connectivity index (χ4v) is 1.94. The Morgan fingerprint density at radius 2 is 2.05 bits per heavy atom. The molecule has 0 aliphatic rings. The van der Waals surface area contributed by atoms with Gasteiger partial charge in [-0.25, -0.2) is 4.98 Å². The third kappa shape index (κ3) is 3.13. The van der Waals surface area contributed by atoms with Crippen LogP contribution in [-0.2, 0) is 11.2 Å². The number of rotatable bonds is 5. The smallest absolute Gasteiger partial charge is 0.303 e. The molecule has 0 saturated heterocycles. The average Bonchev–Trinajstić information content (AvgIpc) is 2.78. The lowest BCUT2D eigenvalue weighted by molar-refractivity contribution is -0.136. The second-order valence-corrected chi connectivity index (χ2v) is 4.27. The number of ether oxygens (including phenoxy) is 1. The average molecular weight is 260 g/mol. The van der Waals surface area contributed by atoms with Crippen LogP contribution in [0.25, 0.3) is 11.3 Å². The van der Waals surface area contributed by atoms with Gasteiger partial charge >= 0.3 is 5.97 Å². The number of imidazole rings is 1. The van der Waals surface area contributed by atoms with Crippen LogP contribution in [0.3, 0.4) is 0 Å². The van der Waals surface area contributed by atoms with Gasteiger partial charge in [0.15, 0.2) is 0 Å². The number of hydrogen-bond acceptors (Lipinski definition) is 3. The summed E-state index contributed by atoms with van der Waals surface area (Å²) >= 11 is 0. The van der Waals surface area contributed by atoms with E-state index >= 15 is 0 Å². The van der Waals surface area contributed by atoms with Gasteiger partial charge in [0.05, 0.1) is 19.2 Å². The summed E-state index contributed by atoms with van der Waals surface area (Å²) < 4.78 is 5.11. The minimum Gasteiger partial charge on any atom is -0.497 e. The molecule has 0 fully saturated rings. The van der Waals surface area contributed by atoms with Crippen molar-refractivity contribution in [2.75, 3.05) is 7.11 Å². The van der Waals surface area contributed by atoms with E-state index in [-0.39, 0.29) is 6.42 Å². The fraction of sp³-hybridized carbons (Fsp3) is 0.286. The number of hydrogen-bond donors (Lipinski definition) is 2. The van der Waals surface area contributed by atoms with Crippen molar-refractivity contribution in [2.24, 2.45) is 0 Å². The lowest BCUT2D eigenvalue weighted by Gasteiger charge is -2.03. The minimum atomic E-state index is -0.812. The molecule has 2 rings (SSSR count). The highest BCUT2D eigenvalue weighted by molar-refractivity contribution is 5.68. The Labute approximate surface area is 111 Å². The van der Waals surface area contributed by atoms with Crippen LogP contribution in [0.1, 0.15) is 17.9 Å². The van der Waals surface area contributed by atoms with Crippen LogP contribution >= 0.6 is 0 Å². The van der Waals surface area contributed by atoms with Gasteiger partial charge in [0.25, 0.3) is 0 Å². The molecule has 0 unspecified atom stereocenters. The predicted molar refractivity (Wildman–Crippen MR) is 71.3 cm³/mol. The Kier molecular flexibility index (Phi) is 3.85. The Hall–Kier alpha value is -2.30. The van der Waals surface area contributed by atoms with Crippen molar-refractivity contribution in [3.63, 3.8) is 0 Å². The lowest BCUT2D eigenvalue weighted by atomic mass is 10.1. The van der Waals surface area contributed by atoms with Gasteiger partial charge < -0.3 is 14.8 Å². The summed E-state index contributed by atoms with van der Waals surface area (Å²) in [6.45, 7) is 1.86. The van der Waals surface area contributed by atoms with Gasteiger partial charge in [0, 0.05) is 17.7 Å². The number of carboxylic acid groups (broad SMARTS) is 1. The second-order valence-electron chi connectivity index (χ2n) is 4.27. The number of carboxylic acids is 1. The molecule has 5 nitrogen and oxygen atoms in total. The maximum atomic E-state index is 10.7. The molecule has 0 bridgehead atoms. The van der Waals surface area contributed by atoms with Crippen molar-refractivity contribution >= 4 is 5.97 Å². The van der Waals surface area contributed by atoms with Crippen molar-refractivity contribution in [1.29, 1.82) is 0 Å². The highest BCUT2D eigenvalue weighted by atomic mass is 16.5. The van der Waals surface area contributed by atoms with Crippen LogP contribution in [0, 0.1) is 6.92 Å². The molecular formula is C14H16N2O3. The first-order valence-electron chi connectivity index (χ1n) is 6.02. The van der Waals surface area contributed by atoms with Crippen LogP contribution in [0.2, 0.25) is 0 Å². The summed E-state index contributed by atoms with van der Waals surface area (Å²) in [5.74, 6) is 0.752.